The predicted molar refractivity (Wildman–Crippen MR) is 34.1 cm³/mol. The molecule has 0 spiro atoms. The number of rotatable bonds is 5. The van der Waals surface area contributed by atoms with Crippen molar-refractivity contribution in [3.63, 3.8) is 0 Å². The lowest BCUT2D eigenvalue weighted by Crippen LogP contribution is -2.34. The van der Waals surface area contributed by atoms with Crippen LogP contribution in [0.4, 0.5) is 22.0 Å². The lowest BCUT2D eigenvalue weighted by molar-refractivity contribution is -0.178. The van der Waals surface area contributed by atoms with Gasteiger partial charge in [-0.3, -0.25) is 0 Å². The predicted octanol–water partition coefficient (Wildman–Crippen LogP) is 1.68. The van der Waals surface area contributed by atoms with Crippen LogP contribution in [0.1, 0.15) is 6.42 Å². The average Bonchev–Trinajstić information content (AvgIpc) is 1.96. The molecule has 0 bridgehead atoms. The molecule has 0 radical (unpaired) electrons. The Hall–Kier alpha value is -0.920. The van der Waals surface area contributed by atoms with Crippen LogP contribution in [0.2, 0.25) is 0 Å². The molecule has 0 aliphatic heterocycles. The van der Waals surface area contributed by atoms with E-state index in [2.05, 4.69) is 4.74 Å². The van der Waals surface area contributed by atoms with Gasteiger partial charge in [0, 0.05) is 0 Å². The summed E-state index contributed by atoms with van der Waals surface area (Å²) >= 11 is 0. The van der Waals surface area contributed by atoms with E-state index in [0.717, 1.165) is 0 Å². The lowest BCUT2D eigenvalue weighted by atomic mass is 10.4. The van der Waals surface area contributed by atoms with Crippen molar-refractivity contribution in [3.05, 3.63) is 0 Å². The Bertz CT molecular complexity index is 200. The van der Waals surface area contributed by atoms with Crippen LogP contribution >= 0.6 is 0 Å². The van der Waals surface area contributed by atoms with Gasteiger partial charge in [0.05, 0.1) is 13.0 Å². The summed E-state index contributed by atoms with van der Waals surface area (Å²) in [5.74, 6) is -6.57. The first-order valence-electron chi connectivity index (χ1n) is 3.41. The number of halogens is 5. The van der Waals surface area contributed by atoms with Crippen molar-refractivity contribution in [1.82, 2.24) is 0 Å². The minimum absolute atomic E-state index is 0.980. The Morgan fingerprint density at radius 1 is 1.21 bits per heavy atom. The van der Waals surface area contributed by atoms with Crippen molar-refractivity contribution in [3.8, 4) is 0 Å². The molecule has 0 saturated heterocycles. The highest BCUT2D eigenvalue weighted by molar-refractivity contribution is 5.75. The van der Waals surface area contributed by atoms with Gasteiger partial charge in [0.1, 0.15) is 6.61 Å². The summed E-state index contributed by atoms with van der Waals surface area (Å²) in [5.41, 5.74) is 0. The van der Waals surface area contributed by atoms with E-state index in [1.165, 1.54) is 0 Å². The van der Waals surface area contributed by atoms with E-state index in [4.69, 9.17) is 5.11 Å². The van der Waals surface area contributed by atoms with Crippen LogP contribution in [0.25, 0.3) is 0 Å². The van der Waals surface area contributed by atoms with Crippen molar-refractivity contribution >= 4 is 5.97 Å². The maximum Gasteiger partial charge on any atom is 0.391 e. The molecule has 0 unspecified atom stereocenters. The van der Waals surface area contributed by atoms with Gasteiger partial charge in [-0.15, -0.1) is 0 Å². The number of hydrogen-bond donors (Lipinski definition) is 1. The fourth-order valence-electron chi connectivity index (χ4n) is 0.450. The summed E-state index contributed by atoms with van der Waals surface area (Å²) in [6.07, 6.45) is -5.89. The summed E-state index contributed by atoms with van der Waals surface area (Å²) in [7, 11) is 0. The van der Waals surface area contributed by atoms with Gasteiger partial charge in [-0.25, -0.2) is 4.79 Å². The molecular weight excluding hydrogens is 215 g/mol. The number of hydrogen-bond acceptors (Lipinski definition) is 2. The largest absolute Gasteiger partial charge is 0.477 e. The molecular formula is C6H7F5O3. The van der Waals surface area contributed by atoms with Crippen LogP contribution in [-0.2, 0) is 9.53 Å². The second kappa shape index (κ2) is 4.54. The van der Waals surface area contributed by atoms with Crippen LogP contribution < -0.4 is 0 Å². The van der Waals surface area contributed by atoms with Crippen LogP contribution in [0.3, 0.4) is 0 Å². The van der Waals surface area contributed by atoms with Crippen molar-refractivity contribution in [1.29, 1.82) is 0 Å². The number of alkyl halides is 5. The smallest absolute Gasteiger partial charge is 0.391 e. The fourth-order valence-corrected chi connectivity index (χ4v) is 0.450. The Morgan fingerprint density at radius 2 is 1.71 bits per heavy atom. The van der Waals surface area contributed by atoms with E-state index in [0.29, 0.717) is 0 Å². The normalized spacial score (nSPS) is 12.9. The molecule has 1 N–H and O–H groups in total. The zero-order valence-electron chi connectivity index (χ0n) is 6.77. The Labute approximate surface area is 75.5 Å². The van der Waals surface area contributed by atoms with Crippen LogP contribution in [0.5, 0.6) is 0 Å². The topological polar surface area (TPSA) is 46.5 Å². The summed E-state index contributed by atoms with van der Waals surface area (Å²) in [4.78, 5) is 9.76. The van der Waals surface area contributed by atoms with E-state index in [1.807, 2.05) is 0 Å². The highest BCUT2D eigenvalue weighted by atomic mass is 19.4. The van der Waals surface area contributed by atoms with Gasteiger partial charge in [0.25, 0.3) is 0 Å². The quantitative estimate of drug-likeness (QED) is 0.568. The first kappa shape index (κ1) is 13.1. The summed E-state index contributed by atoms with van der Waals surface area (Å²) < 4.78 is 62.6. The molecule has 0 aliphatic carbocycles. The molecule has 8 heteroatoms. The molecule has 0 aromatic heterocycles. The van der Waals surface area contributed by atoms with Crippen LogP contribution in [-0.4, -0.2) is 36.4 Å². The molecule has 0 aliphatic rings. The van der Waals surface area contributed by atoms with Crippen LogP contribution in [0, 0.1) is 0 Å². The van der Waals surface area contributed by atoms with E-state index < -0.39 is 37.7 Å². The Kier molecular flexibility index (Phi) is 4.24. The zero-order valence-corrected chi connectivity index (χ0v) is 6.77. The molecule has 0 amide bonds. The molecule has 3 nitrogen and oxygen atoms in total. The third-order valence-corrected chi connectivity index (χ3v) is 1.13. The molecule has 0 saturated carbocycles. The van der Waals surface area contributed by atoms with Crippen molar-refractivity contribution in [2.24, 2.45) is 0 Å². The van der Waals surface area contributed by atoms with Gasteiger partial charge >= 0.3 is 18.1 Å². The van der Waals surface area contributed by atoms with Gasteiger partial charge in [-0.2, -0.15) is 22.0 Å². The van der Waals surface area contributed by atoms with Gasteiger partial charge in [-0.05, 0) is 0 Å². The Balaban J connectivity index is 3.70. The van der Waals surface area contributed by atoms with Crippen molar-refractivity contribution in [2.75, 3.05) is 13.2 Å². The SMILES string of the molecule is O=C(O)C(F)(F)COCCC(F)(F)F. The van der Waals surface area contributed by atoms with E-state index in [9.17, 15) is 26.7 Å². The highest BCUT2D eigenvalue weighted by Gasteiger charge is 2.39. The molecule has 0 atom stereocenters. The molecule has 0 heterocycles. The number of carboxylic acid groups (broad SMARTS) is 1. The standard InChI is InChI=1S/C6H7F5O3/c7-5(8,4(12)13)3-14-2-1-6(9,10)11/h1-3H2,(H,12,13). The first-order valence-corrected chi connectivity index (χ1v) is 3.41. The van der Waals surface area contributed by atoms with Gasteiger partial charge in [0.15, 0.2) is 0 Å². The lowest BCUT2D eigenvalue weighted by Gasteiger charge is -2.12. The highest BCUT2D eigenvalue weighted by Crippen LogP contribution is 2.20. The molecule has 84 valence electrons. The first-order chi connectivity index (χ1) is 6.15. The van der Waals surface area contributed by atoms with Gasteiger partial charge in [-0.1, -0.05) is 0 Å². The second-order valence-corrected chi connectivity index (χ2v) is 2.43. The zero-order chi connectivity index (χ0) is 11.4. The number of ether oxygens (including phenoxy) is 1. The third-order valence-electron chi connectivity index (χ3n) is 1.13. The minimum Gasteiger partial charge on any atom is -0.477 e. The summed E-state index contributed by atoms with van der Waals surface area (Å²) in [5, 5.41) is 7.85. The van der Waals surface area contributed by atoms with Gasteiger partial charge in [0.2, 0.25) is 0 Å². The van der Waals surface area contributed by atoms with Crippen molar-refractivity contribution in [2.45, 2.75) is 18.5 Å². The number of carboxylic acids is 1. The second-order valence-electron chi connectivity index (χ2n) is 2.43. The fraction of sp³-hybridized carbons (Fsp3) is 0.833. The average molecular weight is 222 g/mol. The summed E-state index contributed by atoms with van der Waals surface area (Å²) in [6, 6.07) is 0. The maximum atomic E-state index is 12.2. The monoisotopic (exact) mass is 222 g/mol. The van der Waals surface area contributed by atoms with Gasteiger partial charge < -0.3 is 9.84 Å². The molecule has 0 aromatic carbocycles. The minimum atomic E-state index is -4.50. The van der Waals surface area contributed by atoms with Crippen molar-refractivity contribution < 1.29 is 36.6 Å². The molecule has 0 aromatic rings. The number of carbonyl (C=O) groups is 1. The maximum absolute atomic E-state index is 12.2. The third kappa shape index (κ3) is 5.68. The van der Waals surface area contributed by atoms with E-state index in [-0.39, 0.29) is 0 Å². The van der Waals surface area contributed by atoms with Crippen LogP contribution in [0.15, 0.2) is 0 Å². The molecule has 14 heavy (non-hydrogen) atoms. The Morgan fingerprint density at radius 3 is 2.07 bits per heavy atom. The van der Waals surface area contributed by atoms with E-state index >= 15 is 0 Å². The molecule has 0 rings (SSSR count). The van der Waals surface area contributed by atoms with E-state index in [1.54, 1.807) is 0 Å². The number of aliphatic carboxylic acids is 1. The summed E-state index contributed by atoms with van der Waals surface area (Å²) in [6.45, 7) is -2.54. The molecule has 0 fully saturated rings.